The number of carboxylic acids is 1. The minimum atomic E-state index is -2.93. The molecule has 8 heteroatoms. The molecule has 5 nitrogen and oxygen atoms in total. The Kier molecular flexibility index (Phi) is 4.98. The number of amides is 1. The number of nitrogens with one attached hydrogen (secondary N) is 1. The first-order valence-electron chi connectivity index (χ1n) is 7.69. The summed E-state index contributed by atoms with van der Waals surface area (Å²) in [4.78, 5) is 24.9. The zero-order valence-electron chi connectivity index (χ0n) is 13.1. The number of hydrogen-bond acceptors (Lipinski definition) is 4. The first kappa shape index (κ1) is 17.3. The molecule has 0 saturated carbocycles. The molecule has 0 spiro atoms. The Morgan fingerprint density at radius 1 is 1.16 bits per heavy atom. The van der Waals surface area contributed by atoms with E-state index in [1.54, 1.807) is 0 Å². The van der Waals surface area contributed by atoms with Crippen LogP contribution in [0.4, 0.5) is 13.8 Å². The number of halogens is 2. The Bertz CT molecular complexity index is 802. The monoisotopic (exact) mass is 367 g/mol. The molecule has 0 aliphatic heterocycles. The standard InChI is InChI=1S/C17H15F2NO4S/c18-17(19)24-10-7-5-9(6-8-10)14(21)20-15-13(16(22)23)11-3-1-2-4-12(11)25-15/h5-8,17H,1-4H2,(H,20,21)(H,22,23). The van der Waals surface area contributed by atoms with Gasteiger partial charge in [0.25, 0.3) is 5.91 Å². The van der Waals surface area contributed by atoms with Crippen LogP contribution in [0.1, 0.15) is 44.0 Å². The van der Waals surface area contributed by atoms with Gasteiger partial charge < -0.3 is 15.2 Å². The van der Waals surface area contributed by atoms with E-state index < -0.39 is 18.5 Å². The van der Waals surface area contributed by atoms with E-state index in [-0.39, 0.29) is 16.9 Å². The molecule has 1 aromatic carbocycles. The highest BCUT2D eigenvalue weighted by Gasteiger charge is 2.26. The maximum absolute atomic E-state index is 12.3. The fourth-order valence-corrected chi connectivity index (χ4v) is 4.12. The lowest BCUT2D eigenvalue weighted by Crippen LogP contribution is -2.14. The number of hydrogen-bond donors (Lipinski definition) is 2. The van der Waals surface area contributed by atoms with Crippen LogP contribution in [0, 0.1) is 0 Å². The van der Waals surface area contributed by atoms with Gasteiger partial charge in [-0.05, 0) is 55.5 Å². The molecule has 0 bridgehead atoms. The van der Waals surface area contributed by atoms with Gasteiger partial charge in [-0.1, -0.05) is 0 Å². The second-order valence-corrected chi connectivity index (χ2v) is 6.68. The second kappa shape index (κ2) is 7.18. The number of fused-ring (bicyclic) bond motifs is 1. The van der Waals surface area contributed by atoms with Crippen molar-refractivity contribution in [3.8, 4) is 5.75 Å². The van der Waals surface area contributed by atoms with Gasteiger partial charge in [-0.2, -0.15) is 8.78 Å². The van der Waals surface area contributed by atoms with Gasteiger partial charge in [-0.15, -0.1) is 11.3 Å². The number of ether oxygens (including phenoxy) is 1. The van der Waals surface area contributed by atoms with E-state index in [0.29, 0.717) is 11.4 Å². The Morgan fingerprint density at radius 2 is 1.84 bits per heavy atom. The number of rotatable bonds is 5. The van der Waals surface area contributed by atoms with E-state index in [1.807, 2.05) is 0 Å². The summed E-state index contributed by atoms with van der Waals surface area (Å²) in [5.74, 6) is -1.61. The van der Waals surface area contributed by atoms with E-state index >= 15 is 0 Å². The zero-order valence-corrected chi connectivity index (χ0v) is 13.9. The molecule has 132 valence electrons. The van der Waals surface area contributed by atoms with Crippen LogP contribution in [0.2, 0.25) is 0 Å². The molecule has 2 aromatic rings. The fraction of sp³-hybridized carbons (Fsp3) is 0.294. The van der Waals surface area contributed by atoms with E-state index in [2.05, 4.69) is 10.1 Å². The highest BCUT2D eigenvalue weighted by Crippen LogP contribution is 2.38. The maximum Gasteiger partial charge on any atom is 0.387 e. The van der Waals surface area contributed by atoms with Gasteiger partial charge in [-0.3, -0.25) is 4.79 Å². The van der Waals surface area contributed by atoms with E-state index in [4.69, 9.17) is 0 Å². The SMILES string of the molecule is O=C(Nc1sc2c(c1C(=O)O)CCCC2)c1ccc(OC(F)F)cc1. The van der Waals surface area contributed by atoms with Gasteiger partial charge in [0.15, 0.2) is 0 Å². The molecule has 2 N–H and O–H groups in total. The van der Waals surface area contributed by atoms with Crippen molar-refractivity contribution < 1.29 is 28.2 Å². The molecule has 0 radical (unpaired) electrons. The van der Waals surface area contributed by atoms with Crippen molar-refractivity contribution in [2.75, 3.05) is 5.32 Å². The summed E-state index contributed by atoms with van der Waals surface area (Å²) in [5.41, 5.74) is 1.19. The Hall–Kier alpha value is -2.48. The molecule has 0 unspecified atom stereocenters. The Labute approximate surface area is 146 Å². The minimum absolute atomic E-state index is 0.0515. The molecule has 1 heterocycles. The quantitative estimate of drug-likeness (QED) is 0.831. The van der Waals surface area contributed by atoms with Crippen molar-refractivity contribution in [2.24, 2.45) is 0 Å². The van der Waals surface area contributed by atoms with Crippen LogP contribution >= 0.6 is 11.3 Å². The molecule has 0 atom stereocenters. The number of carbonyl (C=O) groups is 2. The summed E-state index contributed by atoms with van der Waals surface area (Å²) in [6.45, 7) is -2.93. The first-order chi connectivity index (χ1) is 12.0. The molecular weight excluding hydrogens is 352 g/mol. The van der Waals surface area contributed by atoms with E-state index in [1.165, 1.54) is 35.6 Å². The second-order valence-electron chi connectivity index (χ2n) is 5.58. The number of aryl methyl sites for hydroxylation is 1. The zero-order chi connectivity index (χ0) is 18.0. The van der Waals surface area contributed by atoms with Gasteiger partial charge in [0.1, 0.15) is 10.8 Å². The molecule has 0 fully saturated rings. The van der Waals surface area contributed by atoms with Crippen molar-refractivity contribution in [1.29, 1.82) is 0 Å². The minimum Gasteiger partial charge on any atom is -0.478 e. The normalized spacial score (nSPS) is 13.4. The van der Waals surface area contributed by atoms with Crippen LogP contribution in [-0.2, 0) is 12.8 Å². The number of thiophene rings is 1. The number of aromatic carboxylic acids is 1. The van der Waals surface area contributed by atoms with Gasteiger partial charge in [0, 0.05) is 10.4 Å². The van der Waals surface area contributed by atoms with Crippen molar-refractivity contribution in [3.63, 3.8) is 0 Å². The average Bonchev–Trinajstić information content (AvgIpc) is 2.92. The third-order valence-electron chi connectivity index (χ3n) is 3.95. The van der Waals surface area contributed by atoms with Gasteiger partial charge >= 0.3 is 12.6 Å². The average molecular weight is 367 g/mol. The van der Waals surface area contributed by atoms with Crippen molar-refractivity contribution in [2.45, 2.75) is 32.3 Å². The molecule has 1 aliphatic carbocycles. The maximum atomic E-state index is 12.3. The summed E-state index contributed by atoms with van der Waals surface area (Å²) < 4.78 is 28.5. The predicted octanol–water partition coefficient (Wildman–Crippen LogP) is 4.18. The lowest BCUT2D eigenvalue weighted by atomic mass is 9.95. The summed E-state index contributed by atoms with van der Waals surface area (Å²) in [7, 11) is 0. The van der Waals surface area contributed by atoms with Gasteiger partial charge in [-0.25, -0.2) is 4.79 Å². The smallest absolute Gasteiger partial charge is 0.387 e. The molecule has 0 saturated heterocycles. The number of carbonyl (C=O) groups excluding carboxylic acids is 1. The summed E-state index contributed by atoms with van der Waals surface area (Å²) in [6.07, 6.45) is 3.45. The summed E-state index contributed by atoms with van der Waals surface area (Å²) in [6, 6.07) is 5.22. The van der Waals surface area contributed by atoms with Crippen molar-refractivity contribution in [1.82, 2.24) is 0 Å². The van der Waals surface area contributed by atoms with Crippen LogP contribution in [0.5, 0.6) is 5.75 Å². The van der Waals surface area contributed by atoms with Gasteiger partial charge in [0.2, 0.25) is 0 Å². The third kappa shape index (κ3) is 3.79. The number of alkyl halides is 2. The van der Waals surface area contributed by atoms with E-state index in [9.17, 15) is 23.5 Å². The molecule has 1 aromatic heterocycles. The van der Waals surface area contributed by atoms with Crippen LogP contribution in [0.25, 0.3) is 0 Å². The number of carboxylic acid groups (broad SMARTS) is 1. The van der Waals surface area contributed by atoms with Crippen LogP contribution in [0.3, 0.4) is 0 Å². The molecule has 1 aliphatic rings. The van der Waals surface area contributed by atoms with Gasteiger partial charge in [0.05, 0.1) is 5.56 Å². The Balaban J connectivity index is 1.81. The fourth-order valence-electron chi connectivity index (χ4n) is 2.84. The van der Waals surface area contributed by atoms with Crippen LogP contribution in [-0.4, -0.2) is 23.6 Å². The predicted molar refractivity (Wildman–Crippen MR) is 88.9 cm³/mol. The van der Waals surface area contributed by atoms with Crippen molar-refractivity contribution >= 4 is 28.2 Å². The molecular formula is C17H15F2NO4S. The highest BCUT2D eigenvalue weighted by molar-refractivity contribution is 7.17. The summed E-state index contributed by atoms with van der Waals surface area (Å²) >= 11 is 1.29. The lowest BCUT2D eigenvalue weighted by Gasteiger charge is -2.10. The molecule has 1 amide bonds. The number of anilines is 1. The molecule has 25 heavy (non-hydrogen) atoms. The largest absolute Gasteiger partial charge is 0.478 e. The number of benzene rings is 1. The van der Waals surface area contributed by atoms with Crippen LogP contribution < -0.4 is 10.1 Å². The summed E-state index contributed by atoms with van der Waals surface area (Å²) in [5, 5.41) is 12.4. The molecule has 3 rings (SSSR count). The third-order valence-corrected chi connectivity index (χ3v) is 5.16. The topological polar surface area (TPSA) is 75.6 Å². The first-order valence-corrected chi connectivity index (χ1v) is 8.51. The lowest BCUT2D eigenvalue weighted by molar-refractivity contribution is -0.0498. The van der Waals surface area contributed by atoms with Crippen molar-refractivity contribution in [3.05, 3.63) is 45.8 Å². The van der Waals surface area contributed by atoms with Crippen LogP contribution in [0.15, 0.2) is 24.3 Å². The highest BCUT2D eigenvalue weighted by atomic mass is 32.1. The van der Waals surface area contributed by atoms with E-state index in [0.717, 1.165) is 29.7 Å². The Morgan fingerprint density at radius 3 is 2.48 bits per heavy atom.